The highest BCUT2D eigenvalue weighted by Crippen LogP contribution is 2.30. The quantitative estimate of drug-likeness (QED) is 0.301. The number of halogens is 1. The van der Waals surface area contributed by atoms with Gasteiger partial charge in [-0.15, -0.1) is 11.3 Å². The average molecular weight is 487 g/mol. The molecule has 0 saturated carbocycles. The Morgan fingerprint density at radius 2 is 2.03 bits per heavy atom. The Morgan fingerprint density at radius 3 is 2.85 bits per heavy atom. The summed E-state index contributed by atoms with van der Waals surface area (Å²) in [5.41, 5.74) is 3.78. The molecule has 0 unspecified atom stereocenters. The summed E-state index contributed by atoms with van der Waals surface area (Å²) < 4.78 is 5.34. The zero-order chi connectivity index (χ0) is 23.4. The van der Waals surface area contributed by atoms with Crippen LogP contribution in [0.5, 0.6) is 0 Å². The number of anilines is 2. The van der Waals surface area contributed by atoms with Crippen LogP contribution in [0.3, 0.4) is 0 Å². The number of esters is 1. The van der Waals surface area contributed by atoms with Crippen LogP contribution < -0.4 is 10.2 Å². The molecule has 0 spiro atoms. The van der Waals surface area contributed by atoms with E-state index in [9.17, 15) is 4.79 Å². The molecule has 1 aromatic carbocycles. The van der Waals surface area contributed by atoms with E-state index in [0.717, 1.165) is 62.0 Å². The number of carbonyl (C=O) groups excluding carboxylic acids is 1. The summed E-state index contributed by atoms with van der Waals surface area (Å²) >= 11 is 8.22. The number of hydrogen-bond donors (Lipinski definition) is 1. The van der Waals surface area contributed by atoms with Crippen LogP contribution in [0, 0.1) is 0 Å². The molecular formula is C25H31ClN4O2S. The van der Waals surface area contributed by atoms with Gasteiger partial charge in [-0.3, -0.25) is 4.79 Å². The van der Waals surface area contributed by atoms with Crippen molar-refractivity contribution >= 4 is 51.4 Å². The molecule has 0 radical (unpaired) electrons. The van der Waals surface area contributed by atoms with Crippen LogP contribution in [-0.4, -0.2) is 34.6 Å². The second-order valence-corrected chi connectivity index (χ2v) is 10.8. The zero-order valence-electron chi connectivity index (χ0n) is 19.5. The second kappa shape index (κ2) is 10.3. The van der Waals surface area contributed by atoms with E-state index >= 15 is 0 Å². The first-order chi connectivity index (χ1) is 15.8. The van der Waals surface area contributed by atoms with Crippen LogP contribution in [0.2, 0.25) is 5.15 Å². The Bertz CT molecular complexity index is 1130. The van der Waals surface area contributed by atoms with Crippen molar-refractivity contribution in [3.63, 3.8) is 0 Å². The van der Waals surface area contributed by atoms with Crippen LogP contribution in [-0.2, 0) is 22.5 Å². The van der Waals surface area contributed by atoms with Crippen molar-refractivity contribution in [3.05, 3.63) is 45.2 Å². The molecule has 3 heterocycles. The van der Waals surface area contributed by atoms with E-state index in [0.29, 0.717) is 17.4 Å². The number of rotatable bonds is 8. The zero-order valence-corrected chi connectivity index (χ0v) is 21.1. The van der Waals surface area contributed by atoms with E-state index < -0.39 is 5.60 Å². The monoisotopic (exact) mass is 486 g/mol. The number of nitrogens with one attached hydrogen (secondary N) is 1. The lowest BCUT2D eigenvalue weighted by molar-refractivity contribution is -0.154. The Labute approximate surface area is 204 Å². The van der Waals surface area contributed by atoms with Crippen molar-refractivity contribution in [2.24, 2.45) is 0 Å². The van der Waals surface area contributed by atoms with Crippen molar-refractivity contribution in [1.29, 1.82) is 0 Å². The van der Waals surface area contributed by atoms with Crippen LogP contribution >= 0.6 is 22.9 Å². The van der Waals surface area contributed by atoms with Crippen molar-refractivity contribution in [1.82, 2.24) is 9.97 Å². The summed E-state index contributed by atoms with van der Waals surface area (Å²) in [5.74, 6) is 0.464. The predicted molar refractivity (Wildman–Crippen MR) is 136 cm³/mol. The van der Waals surface area contributed by atoms with Gasteiger partial charge in [0.15, 0.2) is 11.0 Å². The average Bonchev–Trinajstić information content (AvgIpc) is 3.22. The number of nitrogens with zero attached hydrogens (tertiary/aromatic N) is 3. The number of aromatic nitrogens is 2. The van der Waals surface area contributed by atoms with Gasteiger partial charge in [-0.25, -0.2) is 9.97 Å². The summed E-state index contributed by atoms with van der Waals surface area (Å²) in [6, 6.07) is 8.42. The second-order valence-electron chi connectivity index (χ2n) is 9.40. The molecule has 0 aliphatic carbocycles. The summed E-state index contributed by atoms with van der Waals surface area (Å²) in [5, 5.41) is 5.86. The van der Waals surface area contributed by atoms with Gasteiger partial charge in [0.25, 0.3) is 0 Å². The fraction of sp³-hybridized carbons (Fsp3) is 0.480. The van der Waals surface area contributed by atoms with Gasteiger partial charge >= 0.3 is 5.97 Å². The number of unbranched alkanes of at least 4 members (excludes halogenated alkanes) is 2. The Balaban J connectivity index is 1.32. The molecule has 1 N–H and O–H groups in total. The highest BCUT2D eigenvalue weighted by molar-refractivity contribution is 7.10. The summed E-state index contributed by atoms with van der Waals surface area (Å²) in [6.45, 7) is 8.32. The van der Waals surface area contributed by atoms with Crippen molar-refractivity contribution in [2.75, 3.05) is 23.3 Å². The van der Waals surface area contributed by atoms with Crippen LogP contribution in [0.15, 0.2) is 29.6 Å². The third kappa shape index (κ3) is 6.36. The van der Waals surface area contributed by atoms with Gasteiger partial charge in [0, 0.05) is 36.6 Å². The fourth-order valence-corrected chi connectivity index (χ4v) is 5.06. The van der Waals surface area contributed by atoms with Gasteiger partial charge in [-0.2, -0.15) is 0 Å². The lowest BCUT2D eigenvalue weighted by Gasteiger charge is -2.29. The maximum absolute atomic E-state index is 11.8. The molecule has 176 valence electrons. The van der Waals surface area contributed by atoms with Gasteiger partial charge < -0.3 is 15.0 Å². The van der Waals surface area contributed by atoms with Gasteiger partial charge in [0.1, 0.15) is 5.60 Å². The number of hydrogen-bond acceptors (Lipinski definition) is 7. The molecule has 33 heavy (non-hydrogen) atoms. The van der Waals surface area contributed by atoms with Gasteiger partial charge in [-0.1, -0.05) is 18.0 Å². The van der Waals surface area contributed by atoms with Crippen molar-refractivity contribution < 1.29 is 9.53 Å². The molecule has 1 aliphatic heterocycles. The molecule has 0 fully saturated rings. The molecule has 8 heteroatoms. The lowest BCUT2D eigenvalue weighted by Crippen LogP contribution is -2.29. The maximum Gasteiger partial charge on any atom is 0.306 e. The number of thiophene rings is 1. The van der Waals surface area contributed by atoms with Crippen molar-refractivity contribution in [3.8, 4) is 0 Å². The smallest absolute Gasteiger partial charge is 0.306 e. The highest BCUT2D eigenvalue weighted by Gasteiger charge is 2.18. The Kier molecular flexibility index (Phi) is 7.39. The third-order valence-electron chi connectivity index (χ3n) is 5.55. The molecule has 0 bridgehead atoms. The molecule has 2 aromatic heterocycles. The highest BCUT2D eigenvalue weighted by atomic mass is 35.5. The summed E-state index contributed by atoms with van der Waals surface area (Å²) in [6.07, 6.45) is 4.17. The minimum Gasteiger partial charge on any atom is -0.460 e. The van der Waals surface area contributed by atoms with E-state index in [1.807, 2.05) is 38.2 Å². The standard InChI is InChI=1S/C25H31ClN4O2S/c1-25(2,3)32-22(31)7-5-4-6-12-27-24-23(26)28-19-9-8-18(15-20(19)29-24)30-13-10-21-17(16-30)11-14-33-21/h8-9,11,14-15H,4-7,10,12-13,16H2,1-3H3,(H,27,29). The van der Waals surface area contributed by atoms with E-state index in [1.54, 1.807) is 0 Å². The first kappa shape index (κ1) is 23.8. The van der Waals surface area contributed by atoms with Gasteiger partial charge in [0.05, 0.1) is 11.0 Å². The van der Waals surface area contributed by atoms with Crippen LogP contribution in [0.4, 0.5) is 11.5 Å². The van der Waals surface area contributed by atoms with E-state index in [4.69, 9.17) is 21.3 Å². The minimum absolute atomic E-state index is 0.140. The SMILES string of the molecule is CC(C)(C)OC(=O)CCCCCNc1nc2cc(N3CCc4sccc4C3)ccc2nc1Cl. The lowest BCUT2D eigenvalue weighted by atomic mass is 10.1. The number of carbonyl (C=O) groups is 1. The minimum atomic E-state index is -0.426. The Morgan fingerprint density at radius 1 is 1.18 bits per heavy atom. The fourth-order valence-electron chi connectivity index (χ4n) is 3.97. The van der Waals surface area contributed by atoms with Crippen LogP contribution in [0.1, 0.15) is 56.9 Å². The first-order valence-corrected chi connectivity index (χ1v) is 12.8. The first-order valence-electron chi connectivity index (χ1n) is 11.5. The van der Waals surface area contributed by atoms with Gasteiger partial charge in [-0.05, 0) is 75.2 Å². The molecule has 4 rings (SSSR count). The van der Waals surface area contributed by atoms with Crippen LogP contribution in [0.25, 0.3) is 11.0 Å². The molecule has 1 aliphatic rings. The number of ether oxygens (including phenoxy) is 1. The number of fused-ring (bicyclic) bond motifs is 2. The molecule has 6 nitrogen and oxygen atoms in total. The third-order valence-corrected chi connectivity index (χ3v) is 6.83. The maximum atomic E-state index is 11.8. The predicted octanol–water partition coefficient (Wildman–Crippen LogP) is 6.22. The molecular weight excluding hydrogens is 456 g/mol. The van der Waals surface area contributed by atoms with Gasteiger partial charge in [0.2, 0.25) is 0 Å². The molecule has 0 atom stereocenters. The van der Waals surface area contributed by atoms with E-state index in [2.05, 4.69) is 38.8 Å². The van der Waals surface area contributed by atoms with E-state index in [-0.39, 0.29) is 5.97 Å². The molecule has 0 saturated heterocycles. The largest absolute Gasteiger partial charge is 0.460 e. The summed E-state index contributed by atoms with van der Waals surface area (Å²) in [4.78, 5) is 25.0. The number of benzene rings is 1. The summed E-state index contributed by atoms with van der Waals surface area (Å²) in [7, 11) is 0. The topological polar surface area (TPSA) is 67.3 Å². The molecule has 3 aromatic rings. The molecule has 0 amide bonds. The Hall–Kier alpha value is -2.38. The normalized spacial score (nSPS) is 13.8. The van der Waals surface area contributed by atoms with E-state index in [1.165, 1.54) is 10.4 Å². The van der Waals surface area contributed by atoms with Crippen molar-refractivity contribution in [2.45, 2.75) is 65.0 Å².